The number of amidine groups is 1. The molecule has 0 radical (unpaired) electrons. The van der Waals surface area contributed by atoms with Crippen LogP contribution in [0.1, 0.15) is 48.8 Å². The Morgan fingerprint density at radius 1 is 0.926 bits per heavy atom. The van der Waals surface area contributed by atoms with Crippen LogP contribution in [-0.4, -0.2) is 30.5 Å². The van der Waals surface area contributed by atoms with Crippen LogP contribution >= 0.6 is 0 Å². The average Bonchev–Trinajstić information content (AvgIpc) is 3.15. The van der Waals surface area contributed by atoms with Crippen molar-refractivity contribution in [2.75, 3.05) is 19.7 Å². The second kappa shape index (κ2) is 8.57. The van der Waals surface area contributed by atoms with Gasteiger partial charge in [0.25, 0.3) is 0 Å². The number of nitrogens with two attached hydrogens (primary N) is 1. The maximum absolute atomic E-state index is 6.00. The van der Waals surface area contributed by atoms with Crippen LogP contribution in [0.3, 0.4) is 0 Å². The van der Waals surface area contributed by atoms with E-state index in [2.05, 4.69) is 53.5 Å². The molecule has 2 aliphatic rings. The van der Waals surface area contributed by atoms with Gasteiger partial charge in [0.15, 0.2) is 0 Å². The van der Waals surface area contributed by atoms with Crippen molar-refractivity contribution in [3.05, 3.63) is 65.2 Å². The van der Waals surface area contributed by atoms with Gasteiger partial charge in [-0.3, -0.25) is 10.0 Å². The lowest BCUT2D eigenvalue weighted by molar-refractivity contribution is 0.209. The van der Waals surface area contributed by atoms with Crippen molar-refractivity contribution >= 4 is 5.84 Å². The van der Waals surface area contributed by atoms with E-state index in [1.165, 1.54) is 43.2 Å². The molecule has 142 valence electrons. The van der Waals surface area contributed by atoms with Gasteiger partial charge in [0.1, 0.15) is 11.6 Å². The summed E-state index contributed by atoms with van der Waals surface area (Å²) in [5.41, 5.74) is 3.67. The van der Waals surface area contributed by atoms with Gasteiger partial charge in [-0.05, 0) is 48.4 Å². The highest BCUT2D eigenvalue weighted by molar-refractivity contribution is 5.99. The number of rotatable bonds is 6. The lowest BCUT2D eigenvalue weighted by Gasteiger charge is -2.21. The van der Waals surface area contributed by atoms with Crippen molar-refractivity contribution < 1.29 is 4.74 Å². The van der Waals surface area contributed by atoms with Gasteiger partial charge in [0.05, 0.1) is 19.7 Å². The van der Waals surface area contributed by atoms with Crippen LogP contribution in [0.2, 0.25) is 0 Å². The normalized spacial score (nSPS) is 17.8. The van der Waals surface area contributed by atoms with Crippen molar-refractivity contribution in [1.29, 1.82) is 0 Å². The van der Waals surface area contributed by atoms with Crippen LogP contribution in [0.4, 0.5) is 0 Å². The Bertz CT molecular complexity index is 761. The molecular formula is C23H29N3O. The molecule has 0 atom stereocenters. The third-order valence-corrected chi connectivity index (χ3v) is 5.63. The standard InChI is InChI=1S/C23H29N3O/c24-26-15-14-25-23(26)21-10-6-18(7-11-21)16-19-8-12-22(13-9-19)27-17-20-4-2-1-3-5-20/h6-13,20H,1-5,14-17,24H2. The summed E-state index contributed by atoms with van der Waals surface area (Å²) in [4.78, 5) is 4.47. The van der Waals surface area contributed by atoms with Crippen molar-refractivity contribution in [3.8, 4) is 5.75 Å². The Balaban J connectivity index is 1.31. The molecule has 0 spiro atoms. The van der Waals surface area contributed by atoms with Gasteiger partial charge in [-0.15, -0.1) is 0 Å². The van der Waals surface area contributed by atoms with Crippen molar-refractivity contribution in [2.24, 2.45) is 16.8 Å². The van der Waals surface area contributed by atoms with Gasteiger partial charge in [-0.25, -0.2) is 5.84 Å². The fraction of sp³-hybridized carbons (Fsp3) is 0.435. The SMILES string of the molecule is NN1CCN=C1c1ccc(Cc2ccc(OCC3CCCCC3)cc2)cc1. The number of nitrogens with zero attached hydrogens (tertiary/aromatic N) is 2. The van der Waals surface area contributed by atoms with E-state index in [-0.39, 0.29) is 0 Å². The van der Waals surface area contributed by atoms with Crippen LogP contribution in [0.15, 0.2) is 53.5 Å². The molecule has 4 heteroatoms. The predicted octanol–water partition coefficient (Wildman–Crippen LogP) is 4.17. The highest BCUT2D eigenvalue weighted by Gasteiger charge is 2.15. The summed E-state index contributed by atoms with van der Waals surface area (Å²) in [5, 5.41) is 1.72. The molecule has 1 aliphatic heterocycles. The van der Waals surface area contributed by atoms with Gasteiger partial charge >= 0.3 is 0 Å². The first-order chi connectivity index (χ1) is 13.3. The van der Waals surface area contributed by atoms with Crippen molar-refractivity contribution in [3.63, 3.8) is 0 Å². The fourth-order valence-electron chi connectivity index (χ4n) is 4.00. The number of hydrogen-bond donors (Lipinski definition) is 1. The third-order valence-electron chi connectivity index (χ3n) is 5.63. The van der Waals surface area contributed by atoms with E-state index < -0.39 is 0 Å². The minimum absolute atomic E-state index is 0.742. The number of hydrazine groups is 1. The summed E-state index contributed by atoms with van der Waals surface area (Å²) >= 11 is 0. The first-order valence-electron chi connectivity index (χ1n) is 10.2. The monoisotopic (exact) mass is 363 g/mol. The fourth-order valence-corrected chi connectivity index (χ4v) is 4.00. The largest absolute Gasteiger partial charge is 0.493 e. The molecule has 4 rings (SSSR count). The van der Waals surface area contributed by atoms with E-state index in [1.54, 1.807) is 5.01 Å². The molecule has 2 aromatic carbocycles. The van der Waals surface area contributed by atoms with Gasteiger partial charge in [0, 0.05) is 5.56 Å². The van der Waals surface area contributed by atoms with Crippen LogP contribution in [0.25, 0.3) is 0 Å². The molecule has 0 unspecified atom stereocenters. The van der Waals surface area contributed by atoms with Gasteiger partial charge < -0.3 is 4.74 Å². The first-order valence-corrected chi connectivity index (χ1v) is 10.2. The molecule has 1 aliphatic carbocycles. The summed E-state index contributed by atoms with van der Waals surface area (Å²) in [5.74, 6) is 8.57. The molecule has 4 nitrogen and oxygen atoms in total. The van der Waals surface area contributed by atoms with Gasteiger partial charge in [0.2, 0.25) is 0 Å². The zero-order valence-electron chi connectivity index (χ0n) is 15.9. The number of benzene rings is 2. The van der Waals surface area contributed by atoms with E-state index in [0.717, 1.165) is 49.2 Å². The minimum atomic E-state index is 0.742. The lowest BCUT2D eigenvalue weighted by Crippen LogP contribution is -2.34. The minimum Gasteiger partial charge on any atom is -0.493 e. The Labute approximate surface area is 162 Å². The lowest BCUT2D eigenvalue weighted by atomic mass is 9.90. The Hall–Kier alpha value is -2.33. The third kappa shape index (κ3) is 4.69. The van der Waals surface area contributed by atoms with Crippen molar-refractivity contribution in [1.82, 2.24) is 5.01 Å². The molecule has 2 aromatic rings. The summed E-state index contributed by atoms with van der Waals surface area (Å²) in [6.07, 6.45) is 7.68. The van der Waals surface area contributed by atoms with Crippen molar-refractivity contribution in [2.45, 2.75) is 38.5 Å². The van der Waals surface area contributed by atoms with Crippen LogP contribution < -0.4 is 10.6 Å². The first kappa shape index (κ1) is 18.1. The molecular weight excluding hydrogens is 334 g/mol. The summed E-state index contributed by atoms with van der Waals surface area (Å²) in [6, 6.07) is 17.1. The molecule has 1 saturated carbocycles. The molecule has 0 bridgehead atoms. The molecule has 0 amide bonds. The summed E-state index contributed by atoms with van der Waals surface area (Å²) < 4.78 is 6.00. The Morgan fingerprint density at radius 3 is 2.22 bits per heavy atom. The van der Waals surface area contributed by atoms with Gasteiger partial charge in [-0.1, -0.05) is 55.7 Å². The predicted molar refractivity (Wildman–Crippen MR) is 110 cm³/mol. The van der Waals surface area contributed by atoms with E-state index in [9.17, 15) is 0 Å². The van der Waals surface area contributed by atoms with E-state index in [4.69, 9.17) is 10.6 Å². The van der Waals surface area contributed by atoms with Crippen LogP contribution in [0.5, 0.6) is 5.75 Å². The second-order valence-corrected chi connectivity index (χ2v) is 7.73. The number of hydrogen-bond acceptors (Lipinski definition) is 4. The van der Waals surface area contributed by atoms with Crippen LogP contribution in [0, 0.1) is 5.92 Å². The molecule has 0 aromatic heterocycles. The highest BCUT2D eigenvalue weighted by atomic mass is 16.5. The maximum Gasteiger partial charge on any atom is 0.145 e. The second-order valence-electron chi connectivity index (χ2n) is 7.73. The Kier molecular flexibility index (Phi) is 5.73. The highest BCUT2D eigenvalue weighted by Crippen LogP contribution is 2.25. The van der Waals surface area contributed by atoms with E-state index in [0.29, 0.717) is 0 Å². The molecule has 0 saturated heterocycles. The van der Waals surface area contributed by atoms with E-state index >= 15 is 0 Å². The quantitative estimate of drug-likeness (QED) is 0.784. The maximum atomic E-state index is 6.00. The zero-order chi connectivity index (χ0) is 18.5. The zero-order valence-corrected chi connectivity index (χ0v) is 15.9. The average molecular weight is 364 g/mol. The van der Waals surface area contributed by atoms with Crippen LogP contribution in [-0.2, 0) is 6.42 Å². The molecule has 2 N–H and O–H groups in total. The smallest absolute Gasteiger partial charge is 0.145 e. The summed E-state index contributed by atoms with van der Waals surface area (Å²) in [7, 11) is 0. The van der Waals surface area contributed by atoms with Gasteiger partial charge in [-0.2, -0.15) is 0 Å². The number of ether oxygens (including phenoxy) is 1. The number of aliphatic imine (C=N–C) groups is 1. The topological polar surface area (TPSA) is 50.8 Å². The van der Waals surface area contributed by atoms with E-state index in [1.807, 2.05) is 0 Å². The molecule has 27 heavy (non-hydrogen) atoms. The Morgan fingerprint density at radius 2 is 1.59 bits per heavy atom. The summed E-state index contributed by atoms with van der Waals surface area (Å²) in [6.45, 7) is 2.44. The molecule has 1 heterocycles. The molecule has 1 fully saturated rings.